The zero-order valence-corrected chi connectivity index (χ0v) is 10.5. The number of ether oxygens (including phenoxy) is 1. The van der Waals surface area contributed by atoms with Crippen molar-refractivity contribution in [1.82, 2.24) is 0 Å². The average Bonchev–Trinajstić information content (AvgIpc) is 2.57. The highest BCUT2D eigenvalue weighted by Crippen LogP contribution is 2.27. The number of aryl methyl sites for hydroxylation is 1. The van der Waals surface area contributed by atoms with E-state index in [9.17, 15) is 10.1 Å². The van der Waals surface area contributed by atoms with Gasteiger partial charge in [0.25, 0.3) is 5.69 Å². The Morgan fingerprint density at radius 3 is 3.00 bits per heavy atom. The zero-order valence-electron chi connectivity index (χ0n) is 10.5. The van der Waals surface area contributed by atoms with Crippen LogP contribution in [0.5, 0.6) is 0 Å². The van der Waals surface area contributed by atoms with Crippen LogP contribution in [0.2, 0.25) is 0 Å². The van der Waals surface area contributed by atoms with Crippen LogP contribution in [-0.2, 0) is 4.74 Å². The normalized spacial score (nSPS) is 20.2. The van der Waals surface area contributed by atoms with E-state index < -0.39 is 0 Å². The third-order valence-corrected chi connectivity index (χ3v) is 3.16. The van der Waals surface area contributed by atoms with Gasteiger partial charge in [-0.25, -0.2) is 0 Å². The van der Waals surface area contributed by atoms with Crippen molar-refractivity contribution in [3.63, 3.8) is 0 Å². The second-order valence-electron chi connectivity index (χ2n) is 4.66. The fraction of sp³-hybridized carbons (Fsp3) is 0.538. The smallest absolute Gasteiger partial charge is 0.292 e. The van der Waals surface area contributed by atoms with E-state index in [2.05, 4.69) is 5.32 Å². The molecule has 2 rings (SSSR count). The lowest BCUT2D eigenvalue weighted by Crippen LogP contribution is -2.20. The summed E-state index contributed by atoms with van der Waals surface area (Å²) in [6, 6.07) is 5.42. The van der Waals surface area contributed by atoms with E-state index in [0.29, 0.717) is 5.69 Å². The molecule has 1 aliphatic heterocycles. The Hall–Kier alpha value is -1.62. The summed E-state index contributed by atoms with van der Waals surface area (Å²) in [5, 5.41) is 14.3. The molecule has 5 nitrogen and oxygen atoms in total. The van der Waals surface area contributed by atoms with Crippen LogP contribution in [0.15, 0.2) is 18.2 Å². The summed E-state index contributed by atoms with van der Waals surface area (Å²) in [4.78, 5) is 10.6. The van der Waals surface area contributed by atoms with Gasteiger partial charge in [0.2, 0.25) is 0 Å². The monoisotopic (exact) mass is 250 g/mol. The molecular weight excluding hydrogens is 232 g/mol. The van der Waals surface area contributed by atoms with Gasteiger partial charge < -0.3 is 10.1 Å². The summed E-state index contributed by atoms with van der Waals surface area (Å²) in [7, 11) is 0. The van der Waals surface area contributed by atoms with E-state index in [4.69, 9.17) is 4.74 Å². The van der Waals surface area contributed by atoms with E-state index in [1.165, 1.54) is 0 Å². The Balaban J connectivity index is 2.15. The van der Waals surface area contributed by atoms with Gasteiger partial charge in [-0.05, 0) is 37.8 Å². The lowest BCUT2D eigenvalue weighted by atomic mass is 10.1. The lowest BCUT2D eigenvalue weighted by Gasteiger charge is -2.17. The summed E-state index contributed by atoms with van der Waals surface area (Å²) < 4.78 is 5.39. The summed E-state index contributed by atoms with van der Waals surface area (Å²) in [6.07, 6.45) is 2.88. The number of rotatable bonds is 3. The van der Waals surface area contributed by atoms with Crippen LogP contribution in [0, 0.1) is 17.0 Å². The molecule has 1 fully saturated rings. The van der Waals surface area contributed by atoms with E-state index in [-0.39, 0.29) is 16.7 Å². The van der Waals surface area contributed by atoms with Gasteiger partial charge in [-0.3, -0.25) is 10.1 Å². The molecule has 1 saturated heterocycles. The number of hydrogen-bond donors (Lipinski definition) is 1. The fourth-order valence-electron chi connectivity index (χ4n) is 2.19. The van der Waals surface area contributed by atoms with Gasteiger partial charge in [0, 0.05) is 25.3 Å². The number of nitrogens with one attached hydrogen (secondary N) is 1. The summed E-state index contributed by atoms with van der Waals surface area (Å²) in [6.45, 7) is 3.44. The summed E-state index contributed by atoms with van der Waals surface area (Å²) in [5.74, 6) is 0. The minimum Gasteiger partial charge on any atom is -0.381 e. The highest BCUT2D eigenvalue weighted by molar-refractivity contribution is 5.63. The quantitative estimate of drug-likeness (QED) is 0.661. The fourth-order valence-corrected chi connectivity index (χ4v) is 2.19. The molecule has 0 spiro atoms. The first-order chi connectivity index (χ1) is 8.66. The maximum atomic E-state index is 11.0. The number of nitro benzene ring substituents is 1. The van der Waals surface area contributed by atoms with Crippen LogP contribution in [0.25, 0.3) is 0 Å². The van der Waals surface area contributed by atoms with Gasteiger partial charge in [0.05, 0.1) is 4.92 Å². The molecule has 1 aliphatic rings. The van der Waals surface area contributed by atoms with Gasteiger partial charge >= 0.3 is 0 Å². The van der Waals surface area contributed by atoms with Crippen LogP contribution < -0.4 is 5.32 Å². The molecule has 0 aliphatic carbocycles. The number of benzene rings is 1. The third-order valence-electron chi connectivity index (χ3n) is 3.16. The van der Waals surface area contributed by atoms with Crippen molar-refractivity contribution in [1.29, 1.82) is 0 Å². The van der Waals surface area contributed by atoms with Gasteiger partial charge in [0.1, 0.15) is 5.69 Å². The zero-order chi connectivity index (χ0) is 13.0. The molecule has 0 bridgehead atoms. The number of anilines is 1. The molecule has 0 saturated carbocycles. The molecule has 98 valence electrons. The minimum absolute atomic E-state index is 0.144. The van der Waals surface area contributed by atoms with Gasteiger partial charge in [0.15, 0.2) is 0 Å². The number of nitrogens with zero attached hydrogens (tertiary/aromatic N) is 1. The Bertz CT molecular complexity index is 426. The highest BCUT2D eigenvalue weighted by atomic mass is 16.6. The molecule has 1 aromatic carbocycles. The first-order valence-electron chi connectivity index (χ1n) is 6.26. The van der Waals surface area contributed by atoms with Crippen molar-refractivity contribution in [2.45, 2.75) is 32.2 Å². The van der Waals surface area contributed by atoms with Crippen LogP contribution in [0.3, 0.4) is 0 Å². The number of nitro groups is 1. The molecule has 0 amide bonds. The van der Waals surface area contributed by atoms with E-state index in [1.54, 1.807) is 12.1 Å². The summed E-state index contributed by atoms with van der Waals surface area (Å²) in [5.41, 5.74) is 1.78. The molecule has 1 N–H and O–H groups in total. The average molecular weight is 250 g/mol. The van der Waals surface area contributed by atoms with Crippen molar-refractivity contribution >= 4 is 11.4 Å². The molecule has 1 heterocycles. The number of hydrogen-bond acceptors (Lipinski definition) is 4. The van der Waals surface area contributed by atoms with Gasteiger partial charge in [-0.1, -0.05) is 6.07 Å². The Morgan fingerprint density at radius 2 is 2.22 bits per heavy atom. The topological polar surface area (TPSA) is 64.4 Å². The first-order valence-corrected chi connectivity index (χ1v) is 6.26. The maximum absolute atomic E-state index is 11.0. The van der Waals surface area contributed by atoms with Crippen molar-refractivity contribution in [2.24, 2.45) is 0 Å². The van der Waals surface area contributed by atoms with E-state index in [0.717, 1.165) is 38.0 Å². The molecule has 5 heteroatoms. The molecule has 1 aromatic rings. The molecule has 1 atom stereocenters. The van der Waals surface area contributed by atoms with Gasteiger partial charge in [-0.2, -0.15) is 0 Å². The summed E-state index contributed by atoms with van der Waals surface area (Å²) >= 11 is 0. The first kappa shape index (κ1) is 12.8. The second-order valence-corrected chi connectivity index (χ2v) is 4.66. The third kappa shape index (κ3) is 3.20. The van der Waals surface area contributed by atoms with Crippen LogP contribution in [0.4, 0.5) is 11.4 Å². The maximum Gasteiger partial charge on any atom is 0.292 e. The Morgan fingerprint density at radius 1 is 1.39 bits per heavy atom. The minimum atomic E-state index is -0.338. The van der Waals surface area contributed by atoms with E-state index >= 15 is 0 Å². The lowest BCUT2D eigenvalue weighted by molar-refractivity contribution is -0.384. The van der Waals surface area contributed by atoms with E-state index in [1.807, 2.05) is 13.0 Å². The second kappa shape index (κ2) is 5.82. The predicted octanol–water partition coefficient (Wildman–Crippen LogP) is 2.88. The standard InChI is InChI=1S/C13H18N2O3/c1-10-4-5-13(15(16)17)12(9-10)14-11-3-2-7-18-8-6-11/h4-5,9,11,14H,2-3,6-8H2,1H3. The van der Waals surface area contributed by atoms with Crippen molar-refractivity contribution in [3.05, 3.63) is 33.9 Å². The molecule has 1 unspecified atom stereocenters. The van der Waals surface area contributed by atoms with Crippen molar-refractivity contribution in [3.8, 4) is 0 Å². The Kier molecular flexibility index (Phi) is 4.15. The predicted molar refractivity (Wildman–Crippen MR) is 69.9 cm³/mol. The van der Waals surface area contributed by atoms with Gasteiger partial charge in [-0.15, -0.1) is 0 Å². The highest BCUT2D eigenvalue weighted by Gasteiger charge is 2.18. The molecule has 0 radical (unpaired) electrons. The van der Waals surface area contributed by atoms with Crippen LogP contribution >= 0.6 is 0 Å². The van der Waals surface area contributed by atoms with Crippen LogP contribution in [-0.4, -0.2) is 24.2 Å². The molecular formula is C13H18N2O3. The van der Waals surface area contributed by atoms with Crippen LogP contribution in [0.1, 0.15) is 24.8 Å². The van der Waals surface area contributed by atoms with Crippen molar-refractivity contribution in [2.75, 3.05) is 18.5 Å². The largest absolute Gasteiger partial charge is 0.381 e. The SMILES string of the molecule is Cc1ccc([N+](=O)[O-])c(NC2CCCOCC2)c1. The Labute approximate surface area is 106 Å². The molecule has 18 heavy (non-hydrogen) atoms. The van der Waals surface area contributed by atoms with Crippen molar-refractivity contribution < 1.29 is 9.66 Å². The molecule has 0 aromatic heterocycles.